The van der Waals surface area contributed by atoms with Crippen molar-refractivity contribution >= 4 is 23.5 Å². The van der Waals surface area contributed by atoms with E-state index in [1.807, 2.05) is 13.8 Å². The Balaban J connectivity index is 3.14. The fraction of sp³-hybridized carbons (Fsp3) is 0.789. The highest BCUT2D eigenvalue weighted by Gasteiger charge is 2.55. The van der Waals surface area contributed by atoms with Crippen molar-refractivity contribution in [3.8, 4) is 0 Å². The molecule has 28 heavy (non-hydrogen) atoms. The second kappa shape index (κ2) is 10.5. The van der Waals surface area contributed by atoms with Crippen molar-refractivity contribution in [3.05, 3.63) is 0 Å². The number of rotatable bonds is 11. The second-order valence-corrected chi connectivity index (χ2v) is 7.83. The fourth-order valence-electron chi connectivity index (χ4n) is 3.90. The quantitative estimate of drug-likeness (QED) is 0.287. The number of Topliss-reactive ketones (excluding diaryl/α,β-unsaturated/α-hetero) is 1. The summed E-state index contributed by atoms with van der Waals surface area (Å²) in [6, 6.07) is -1.52. The average molecular weight is 398 g/mol. The molecular formula is C19H35N5O4. The van der Waals surface area contributed by atoms with Gasteiger partial charge in [-0.3, -0.25) is 19.2 Å². The summed E-state index contributed by atoms with van der Waals surface area (Å²) in [6.07, 6.45) is 2.40. The zero-order chi connectivity index (χ0) is 21.5. The first-order valence-electron chi connectivity index (χ1n) is 9.94. The average Bonchev–Trinajstić information content (AvgIpc) is 3.06. The number of carbonyl (C=O) groups is 4. The van der Waals surface area contributed by atoms with Crippen molar-refractivity contribution in [3.63, 3.8) is 0 Å². The molecule has 9 heteroatoms. The Morgan fingerprint density at radius 1 is 1.14 bits per heavy atom. The zero-order valence-electron chi connectivity index (χ0n) is 17.3. The molecule has 0 saturated carbocycles. The third-order valence-corrected chi connectivity index (χ3v) is 5.47. The first kappa shape index (κ1) is 24.0. The summed E-state index contributed by atoms with van der Waals surface area (Å²) in [7, 11) is 0. The van der Waals surface area contributed by atoms with Crippen LogP contribution in [0.4, 0.5) is 0 Å². The first-order chi connectivity index (χ1) is 13.1. The van der Waals surface area contributed by atoms with E-state index in [0.717, 1.165) is 6.42 Å². The van der Waals surface area contributed by atoms with Crippen molar-refractivity contribution in [2.45, 2.75) is 71.0 Å². The molecule has 0 spiro atoms. The van der Waals surface area contributed by atoms with Crippen molar-refractivity contribution in [1.29, 1.82) is 0 Å². The maximum Gasteiger partial charge on any atom is 0.241 e. The van der Waals surface area contributed by atoms with Crippen molar-refractivity contribution in [2.75, 3.05) is 13.1 Å². The van der Waals surface area contributed by atoms with Crippen molar-refractivity contribution in [1.82, 2.24) is 16.0 Å². The van der Waals surface area contributed by atoms with Gasteiger partial charge in [-0.05, 0) is 51.6 Å². The third kappa shape index (κ3) is 5.51. The Morgan fingerprint density at radius 2 is 1.79 bits per heavy atom. The van der Waals surface area contributed by atoms with Crippen LogP contribution in [0.5, 0.6) is 0 Å². The maximum absolute atomic E-state index is 13.4. The van der Waals surface area contributed by atoms with Gasteiger partial charge in [0.2, 0.25) is 17.7 Å². The van der Waals surface area contributed by atoms with E-state index in [1.165, 1.54) is 13.8 Å². The van der Waals surface area contributed by atoms with Gasteiger partial charge < -0.3 is 27.4 Å². The van der Waals surface area contributed by atoms with Gasteiger partial charge in [0.15, 0.2) is 5.78 Å². The normalized spacial score (nSPS) is 23.9. The minimum absolute atomic E-state index is 0.173. The van der Waals surface area contributed by atoms with E-state index in [9.17, 15) is 19.2 Å². The van der Waals surface area contributed by atoms with Gasteiger partial charge in [-0.1, -0.05) is 13.8 Å². The summed E-state index contributed by atoms with van der Waals surface area (Å²) < 4.78 is 0. The number of carbonyl (C=O) groups excluding carboxylic acids is 4. The van der Waals surface area contributed by atoms with Gasteiger partial charge in [0, 0.05) is 12.8 Å². The molecule has 0 aromatic rings. The van der Waals surface area contributed by atoms with E-state index < -0.39 is 35.4 Å². The lowest BCUT2D eigenvalue weighted by atomic mass is 9.72. The molecule has 1 unspecified atom stereocenters. The molecule has 3 amide bonds. The summed E-state index contributed by atoms with van der Waals surface area (Å²) in [6.45, 7) is 7.59. The topological polar surface area (TPSA) is 156 Å². The Kier molecular flexibility index (Phi) is 9.03. The maximum atomic E-state index is 13.4. The van der Waals surface area contributed by atoms with Crippen LogP contribution in [0.15, 0.2) is 0 Å². The number of primary amides is 1. The molecule has 4 atom stereocenters. The number of nitrogens with one attached hydrogen (secondary N) is 3. The highest BCUT2D eigenvalue weighted by molar-refractivity contribution is 6.00. The van der Waals surface area contributed by atoms with E-state index in [2.05, 4.69) is 16.0 Å². The Hall–Kier alpha value is -2.00. The summed E-state index contributed by atoms with van der Waals surface area (Å²) in [5.74, 6) is -2.38. The number of hydrogen-bond acceptors (Lipinski definition) is 6. The van der Waals surface area contributed by atoms with Gasteiger partial charge in [-0.25, -0.2) is 0 Å². The van der Waals surface area contributed by atoms with Crippen LogP contribution in [0.3, 0.4) is 0 Å². The molecule has 0 bridgehead atoms. The molecule has 0 aliphatic carbocycles. The molecule has 160 valence electrons. The van der Waals surface area contributed by atoms with Gasteiger partial charge in [0.1, 0.15) is 11.6 Å². The largest absolute Gasteiger partial charge is 0.368 e. The first-order valence-corrected chi connectivity index (χ1v) is 9.94. The van der Waals surface area contributed by atoms with Crippen LogP contribution >= 0.6 is 0 Å². The van der Waals surface area contributed by atoms with Crippen molar-refractivity contribution in [2.24, 2.45) is 23.3 Å². The smallest absolute Gasteiger partial charge is 0.241 e. The van der Waals surface area contributed by atoms with Gasteiger partial charge in [0.05, 0.1) is 6.04 Å². The van der Waals surface area contributed by atoms with Crippen LogP contribution in [-0.4, -0.2) is 54.2 Å². The zero-order valence-corrected chi connectivity index (χ0v) is 17.3. The van der Waals surface area contributed by atoms with Crippen molar-refractivity contribution < 1.29 is 19.2 Å². The SMILES string of the molecule is CC(=O)N[C@@H](CCCCN)C(=O)C1CCN[C@@]1(C(=O)N[C@H](C)C(N)=O)C(C)C. The summed E-state index contributed by atoms with van der Waals surface area (Å²) >= 11 is 0. The standard InChI is InChI=1S/C19H35N5O4/c1-11(2)19(18(28)23-12(3)17(21)27)14(8-10-22-19)16(26)15(24-13(4)25)7-5-6-9-20/h11-12,14-15,22H,5-10,20H2,1-4H3,(H2,21,27)(H,23,28)(H,24,25)/t12-,14?,15+,19+/m1/s1. The van der Waals surface area contributed by atoms with Gasteiger partial charge in [0.25, 0.3) is 0 Å². The number of nitrogens with two attached hydrogens (primary N) is 2. The lowest BCUT2D eigenvalue weighted by Crippen LogP contribution is -2.65. The molecule has 9 nitrogen and oxygen atoms in total. The molecule has 0 aromatic heterocycles. The van der Waals surface area contributed by atoms with E-state index in [0.29, 0.717) is 32.4 Å². The molecule has 1 fully saturated rings. The van der Waals surface area contributed by atoms with Gasteiger partial charge in [-0.2, -0.15) is 0 Å². The molecule has 7 N–H and O–H groups in total. The Bertz CT molecular complexity index is 595. The molecule has 0 radical (unpaired) electrons. The van der Waals surface area contributed by atoms with Crippen LogP contribution in [0.25, 0.3) is 0 Å². The second-order valence-electron chi connectivity index (χ2n) is 7.83. The van der Waals surface area contributed by atoms with Crippen LogP contribution in [0, 0.1) is 11.8 Å². The predicted octanol–water partition coefficient (Wildman–Crippen LogP) is -0.816. The lowest BCUT2D eigenvalue weighted by Gasteiger charge is -2.39. The predicted molar refractivity (Wildman–Crippen MR) is 106 cm³/mol. The lowest BCUT2D eigenvalue weighted by molar-refractivity contribution is -0.140. The number of unbranched alkanes of at least 4 members (excludes halogenated alkanes) is 1. The highest BCUT2D eigenvalue weighted by Crippen LogP contribution is 2.36. The van der Waals surface area contributed by atoms with Gasteiger partial charge >= 0.3 is 0 Å². The minimum Gasteiger partial charge on any atom is -0.368 e. The summed E-state index contributed by atoms with van der Waals surface area (Å²) in [4.78, 5) is 49.5. The molecule has 1 rings (SSSR count). The number of amides is 3. The fourth-order valence-corrected chi connectivity index (χ4v) is 3.90. The van der Waals surface area contributed by atoms with Gasteiger partial charge in [-0.15, -0.1) is 0 Å². The Labute approximate surface area is 166 Å². The van der Waals surface area contributed by atoms with E-state index in [-0.39, 0.29) is 17.6 Å². The monoisotopic (exact) mass is 397 g/mol. The molecule has 1 aliphatic heterocycles. The third-order valence-electron chi connectivity index (χ3n) is 5.47. The summed E-state index contributed by atoms with van der Waals surface area (Å²) in [5, 5.41) is 8.56. The van der Waals surface area contributed by atoms with Crippen LogP contribution in [-0.2, 0) is 19.2 Å². The highest BCUT2D eigenvalue weighted by atomic mass is 16.2. The number of hydrogen-bond donors (Lipinski definition) is 5. The molecular weight excluding hydrogens is 362 g/mol. The molecule has 1 aliphatic rings. The van der Waals surface area contributed by atoms with E-state index >= 15 is 0 Å². The minimum atomic E-state index is -1.16. The van der Waals surface area contributed by atoms with E-state index in [1.54, 1.807) is 0 Å². The van der Waals surface area contributed by atoms with Crippen LogP contribution in [0.1, 0.15) is 53.4 Å². The van der Waals surface area contributed by atoms with Crippen LogP contribution in [0.2, 0.25) is 0 Å². The summed E-state index contributed by atoms with van der Waals surface area (Å²) in [5.41, 5.74) is 9.64. The van der Waals surface area contributed by atoms with Crippen LogP contribution < -0.4 is 27.4 Å². The number of ketones is 1. The van der Waals surface area contributed by atoms with E-state index in [4.69, 9.17) is 11.5 Å². The molecule has 0 aromatic carbocycles. The molecule has 1 saturated heterocycles. The molecule has 1 heterocycles. The Morgan fingerprint density at radius 3 is 2.29 bits per heavy atom.